The molecule has 0 bridgehead atoms. The number of carbonyl (C=O) groups is 1. The number of cyclic esters (lactones) is 1. The van der Waals surface area contributed by atoms with Crippen molar-refractivity contribution in [3.05, 3.63) is 36.2 Å². The van der Waals surface area contributed by atoms with Crippen LogP contribution in [0.4, 0.5) is 10.5 Å². The Kier molecular flexibility index (Phi) is 2.86. The van der Waals surface area contributed by atoms with Crippen LogP contribution >= 0.6 is 0 Å². The molecule has 1 saturated heterocycles. The summed E-state index contributed by atoms with van der Waals surface area (Å²) < 4.78 is 6.96. The smallest absolute Gasteiger partial charge is 0.414 e. The number of rotatable bonds is 3. The third kappa shape index (κ3) is 2.26. The van der Waals surface area contributed by atoms with Gasteiger partial charge in [-0.2, -0.15) is 0 Å². The number of nitrogens with zero attached hydrogens (tertiary/aromatic N) is 5. The van der Waals surface area contributed by atoms with Crippen LogP contribution in [0.15, 0.2) is 30.3 Å². The van der Waals surface area contributed by atoms with E-state index in [-0.39, 0.29) is 12.2 Å². The van der Waals surface area contributed by atoms with E-state index in [1.807, 2.05) is 37.3 Å². The number of hydrogen-bond acceptors (Lipinski definition) is 5. The highest BCUT2D eigenvalue weighted by atomic mass is 16.6. The largest absolute Gasteiger partial charge is 0.442 e. The van der Waals surface area contributed by atoms with Crippen LogP contribution in [-0.2, 0) is 11.3 Å². The molecule has 0 saturated carbocycles. The van der Waals surface area contributed by atoms with Crippen molar-refractivity contribution in [1.29, 1.82) is 0 Å². The Morgan fingerprint density at radius 1 is 1.37 bits per heavy atom. The van der Waals surface area contributed by atoms with Crippen molar-refractivity contribution in [1.82, 2.24) is 20.2 Å². The highest BCUT2D eigenvalue weighted by Gasteiger charge is 2.32. The van der Waals surface area contributed by atoms with Gasteiger partial charge in [0.2, 0.25) is 0 Å². The van der Waals surface area contributed by atoms with E-state index in [4.69, 9.17) is 4.74 Å². The fraction of sp³-hybridized carbons (Fsp3) is 0.333. The van der Waals surface area contributed by atoms with Gasteiger partial charge in [-0.15, -0.1) is 5.10 Å². The Labute approximate surface area is 109 Å². The van der Waals surface area contributed by atoms with Gasteiger partial charge in [0.05, 0.1) is 13.1 Å². The number of anilines is 1. The Morgan fingerprint density at radius 3 is 2.84 bits per heavy atom. The second kappa shape index (κ2) is 4.68. The molecule has 19 heavy (non-hydrogen) atoms. The average molecular weight is 259 g/mol. The number of ether oxygens (including phenoxy) is 1. The summed E-state index contributed by atoms with van der Waals surface area (Å²) in [5, 5.41) is 11.2. The number of para-hydroxylation sites is 1. The van der Waals surface area contributed by atoms with Crippen molar-refractivity contribution in [3.63, 3.8) is 0 Å². The van der Waals surface area contributed by atoms with Gasteiger partial charge in [-0.25, -0.2) is 9.48 Å². The van der Waals surface area contributed by atoms with E-state index in [1.165, 1.54) is 0 Å². The van der Waals surface area contributed by atoms with Crippen LogP contribution in [-0.4, -0.2) is 38.9 Å². The summed E-state index contributed by atoms with van der Waals surface area (Å²) in [6, 6.07) is 9.45. The lowest BCUT2D eigenvalue weighted by atomic mass is 10.3. The maximum atomic E-state index is 11.8. The van der Waals surface area contributed by atoms with Crippen molar-refractivity contribution in [2.75, 3.05) is 11.4 Å². The summed E-state index contributed by atoms with van der Waals surface area (Å²) >= 11 is 0. The number of aromatic nitrogens is 4. The van der Waals surface area contributed by atoms with Gasteiger partial charge in [0.15, 0.2) is 0 Å². The third-order valence-corrected chi connectivity index (χ3v) is 3.03. The molecular formula is C12H13N5O2. The molecule has 0 spiro atoms. The maximum Gasteiger partial charge on any atom is 0.414 e. The SMILES string of the molecule is Cc1nnnn1CC1CN(c2ccccc2)C(=O)O1. The summed E-state index contributed by atoms with van der Waals surface area (Å²) in [5.74, 6) is 0.703. The van der Waals surface area contributed by atoms with Crippen LogP contribution < -0.4 is 4.90 Å². The van der Waals surface area contributed by atoms with Gasteiger partial charge in [0.1, 0.15) is 11.9 Å². The van der Waals surface area contributed by atoms with E-state index < -0.39 is 0 Å². The van der Waals surface area contributed by atoms with Crippen LogP contribution in [0.5, 0.6) is 0 Å². The molecule has 2 aromatic rings. The van der Waals surface area contributed by atoms with Crippen molar-refractivity contribution in [2.24, 2.45) is 0 Å². The van der Waals surface area contributed by atoms with Gasteiger partial charge in [-0.1, -0.05) is 18.2 Å². The van der Waals surface area contributed by atoms with E-state index in [9.17, 15) is 4.79 Å². The molecule has 0 radical (unpaired) electrons. The van der Waals surface area contributed by atoms with E-state index in [0.717, 1.165) is 5.69 Å². The van der Waals surface area contributed by atoms with Crippen LogP contribution in [0.2, 0.25) is 0 Å². The molecule has 7 heteroatoms. The molecule has 7 nitrogen and oxygen atoms in total. The molecule has 1 unspecified atom stereocenters. The number of benzene rings is 1. The van der Waals surface area contributed by atoms with Gasteiger partial charge in [-0.3, -0.25) is 4.90 Å². The number of aryl methyl sites for hydroxylation is 1. The molecule has 0 aliphatic carbocycles. The van der Waals surface area contributed by atoms with Gasteiger partial charge >= 0.3 is 6.09 Å². The topological polar surface area (TPSA) is 73.1 Å². The predicted molar refractivity (Wildman–Crippen MR) is 66.6 cm³/mol. The van der Waals surface area contributed by atoms with Crippen LogP contribution in [0.25, 0.3) is 0 Å². The Hall–Kier alpha value is -2.44. The molecule has 2 heterocycles. The molecule has 1 amide bonds. The molecular weight excluding hydrogens is 246 g/mol. The summed E-state index contributed by atoms with van der Waals surface area (Å²) in [4.78, 5) is 13.5. The van der Waals surface area contributed by atoms with Gasteiger partial charge < -0.3 is 4.74 Å². The van der Waals surface area contributed by atoms with Crippen LogP contribution in [0.3, 0.4) is 0 Å². The average Bonchev–Trinajstić information content (AvgIpc) is 2.98. The first-order valence-electron chi connectivity index (χ1n) is 6.00. The lowest BCUT2D eigenvalue weighted by Gasteiger charge is -2.12. The second-order valence-corrected chi connectivity index (χ2v) is 4.36. The quantitative estimate of drug-likeness (QED) is 0.822. The summed E-state index contributed by atoms with van der Waals surface area (Å²) in [5.41, 5.74) is 0.837. The maximum absolute atomic E-state index is 11.8. The highest BCUT2D eigenvalue weighted by Crippen LogP contribution is 2.21. The number of carbonyl (C=O) groups excluding carboxylic acids is 1. The minimum Gasteiger partial charge on any atom is -0.442 e. The molecule has 3 rings (SSSR count). The summed E-state index contributed by atoms with van der Waals surface area (Å²) in [6.07, 6.45) is -0.572. The van der Waals surface area contributed by atoms with Crippen LogP contribution in [0.1, 0.15) is 5.82 Å². The van der Waals surface area contributed by atoms with E-state index in [1.54, 1.807) is 9.58 Å². The zero-order valence-electron chi connectivity index (χ0n) is 10.4. The normalized spacial score (nSPS) is 18.7. The second-order valence-electron chi connectivity index (χ2n) is 4.36. The monoisotopic (exact) mass is 259 g/mol. The third-order valence-electron chi connectivity index (χ3n) is 3.03. The van der Waals surface area contributed by atoms with Crippen LogP contribution in [0, 0.1) is 6.92 Å². The fourth-order valence-corrected chi connectivity index (χ4v) is 2.05. The lowest BCUT2D eigenvalue weighted by Crippen LogP contribution is -2.26. The van der Waals surface area contributed by atoms with E-state index in [2.05, 4.69) is 15.5 Å². The Balaban J connectivity index is 1.72. The zero-order chi connectivity index (χ0) is 13.2. The zero-order valence-corrected chi connectivity index (χ0v) is 10.4. The number of amides is 1. The molecule has 98 valence electrons. The fourth-order valence-electron chi connectivity index (χ4n) is 2.05. The standard InChI is InChI=1S/C12H13N5O2/c1-9-13-14-15-17(9)8-11-7-16(12(18)19-11)10-5-3-2-4-6-10/h2-6,11H,7-8H2,1H3. The molecule has 1 atom stereocenters. The molecule has 1 fully saturated rings. The van der Waals surface area contributed by atoms with Crippen molar-refractivity contribution >= 4 is 11.8 Å². The Bertz CT molecular complexity index is 583. The van der Waals surface area contributed by atoms with E-state index in [0.29, 0.717) is 18.9 Å². The lowest BCUT2D eigenvalue weighted by molar-refractivity contribution is 0.128. The molecule has 1 aromatic carbocycles. The van der Waals surface area contributed by atoms with Crippen molar-refractivity contribution in [3.8, 4) is 0 Å². The Morgan fingerprint density at radius 2 is 2.16 bits per heavy atom. The first kappa shape index (κ1) is 11.6. The molecule has 1 aliphatic rings. The van der Waals surface area contributed by atoms with Gasteiger partial charge in [-0.05, 0) is 29.5 Å². The number of hydrogen-bond donors (Lipinski definition) is 0. The first-order valence-corrected chi connectivity index (χ1v) is 6.00. The molecule has 1 aliphatic heterocycles. The van der Waals surface area contributed by atoms with Gasteiger partial charge in [0, 0.05) is 5.69 Å². The molecule has 1 aromatic heterocycles. The first-order chi connectivity index (χ1) is 9.24. The predicted octanol–water partition coefficient (Wildman–Crippen LogP) is 1.01. The molecule has 0 N–H and O–H groups in total. The van der Waals surface area contributed by atoms with Crippen molar-refractivity contribution < 1.29 is 9.53 Å². The van der Waals surface area contributed by atoms with Gasteiger partial charge in [0.25, 0.3) is 0 Å². The summed E-state index contributed by atoms with van der Waals surface area (Å²) in [6.45, 7) is 2.78. The minimum atomic E-state index is -0.332. The number of tetrazole rings is 1. The van der Waals surface area contributed by atoms with E-state index >= 15 is 0 Å². The highest BCUT2D eigenvalue weighted by molar-refractivity contribution is 5.89. The minimum absolute atomic E-state index is 0.241. The summed E-state index contributed by atoms with van der Waals surface area (Å²) in [7, 11) is 0. The van der Waals surface area contributed by atoms with Crippen molar-refractivity contribution in [2.45, 2.75) is 19.6 Å².